The maximum absolute atomic E-state index is 8.98. The number of aliphatic hydroxyl groups excluding tert-OH is 2. The molecule has 0 aliphatic rings. The molecule has 0 rings (SSSR count). The van der Waals surface area contributed by atoms with Crippen molar-refractivity contribution in [2.75, 3.05) is 46.4 Å². The molecule has 0 amide bonds. The molecule has 2 unspecified atom stereocenters. The number of rotatable bonds is 12. The van der Waals surface area contributed by atoms with Crippen molar-refractivity contribution in [1.29, 1.82) is 0 Å². The fourth-order valence-electron chi connectivity index (χ4n) is 1.04. The molecule has 104 valence electrons. The first kappa shape index (κ1) is 16.8. The zero-order valence-corrected chi connectivity index (χ0v) is 10.6. The van der Waals surface area contributed by atoms with Crippen molar-refractivity contribution in [3.63, 3.8) is 0 Å². The van der Waals surface area contributed by atoms with E-state index in [2.05, 4.69) is 0 Å². The van der Waals surface area contributed by atoms with E-state index in [1.54, 1.807) is 0 Å². The molecule has 0 heterocycles. The second-order valence-electron chi connectivity index (χ2n) is 3.38. The minimum atomic E-state index is -0.401. The van der Waals surface area contributed by atoms with Crippen LogP contribution in [0.3, 0.4) is 0 Å². The highest BCUT2D eigenvalue weighted by Crippen LogP contribution is 1.97. The van der Waals surface area contributed by atoms with Gasteiger partial charge in [-0.05, 0) is 13.8 Å². The lowest BCUT2D eigenvalue weighted by Gasteiger charge is -2.19. The highest BCUT2D eigenvalue weighted by atomic mass is 16.7. The maximum atomic E-state index is 8.98. The van der Waals surface area contributed by atoms with Crippen molar-refractivity contribution in [2.24, 2.45) is 0 Å². The lowest BCUT2D eigenvalue weighted by Crippen LogP contribution is -2.29. The minimum absolute atomic E-state index is 0.00337. The quantitative estimate of drug-likeness (QED) is 0.467. The molecule has 0 aromatic carbocycles. The van der Waals surface area contributed by atoms with Crippen LogP contribution in [0.1, 0.15) is 13.8 Å². The van der Waals surface area contributed by atoms with Crippen molar-refractivity contribution in [1.82, 2.24) is 0 Å². The second-order valence-corrected chi connectivity index (χ2v) is 3.38. The van der Waals surface area contributed by atoms with E-state index in [0.29, 0.717) is 26.4 Å². The molecule has 0 aliphatic carbocycles. The molecule has 0 aromatic heterocycles. The molecule has 6 heteroatoms. The number of aliphatic hydroxyl groups is 2. The number of hydrogen-bond donors (Lipinski definition) is 2. The highest BCUT2D eigenvalue weighted by Gasteiger charge is 2.11. The third-order valence-electron chi connectivity index (χ3n) is 2.03. The number of ether oxygens (including phenoxy) is 4. The largest absolute Gasteiger partial charge is 0.394 e. The van der Waals surface area contributed by atoms with Crippen LogP contribution in [0, 0.1) is 0 Å². The molecule has 0 spiro atoms. The second kappa shape index (κ2) is 12.2. The average Bonchev–Trinajstić information content (AvgIpc) is 2.37. The summed E-state index contributed by atoms with van der Waals surface area (Å²) in [5.74, 6) is 0. The predicted molar refractivity (Wildman–Crippen MR) is 61.8 cm³/mol. The summed E-state index contributed by atoms with van der Waals surface area (Å²) >= 11 is 0. The Balaban J connectivity index is 3.61. The van der Waals surface area contributed by atoms with E-state index in [4.69, 9.17) is 29.2 Å². The van der Waals surface area contributed by atoms with Crippen molar-refractivity contribution < 1.29 is 29.2 Å². The Hall–Kier alpha value is -0.240. The average molecular weight is 252 g/mol. The van der Waals surface area contributed by atoms with Crippen LogP contribution in [0.2, 0.25) is 0 Å². The van der Waals surface area contributed by atoms with Gasteiger partial charge in [0.25, 0.3) is 0 Å². The Morgan fingerprint density at radius 1 is 0.824 bits per heavy atom. The summed E-state index contributed by atoms with van der Waals surface area (Å²) in [5, 5.41) is 18.0. The fraction of sp³-hybridized carbons (Fsp3) is 1.00. The Bertz CT molecular complexity index is 139. The highest BCUT2D eigenvalue weighted by molar-refractivity contribution is 4.54. The van der Waals surface area contributed by atoms with Gasteiger partial charge in [-0.3, -0.25) is 0 Å². The van der Waals surface area contributed by atoms with Crippen molar-refractivity contribution >= 4 is 0 Å². The summed E-state index contributed by atoms with van der Waals surface area (Å²) in [7, 11) is 0. The summed E-state index contributed by atoms with van der Waals surface area (Å²) in [6.07, 6.45) is -0.803. The standard InChI is InChI=1S/C11H24O6/c1-3-14-7-10(5-12)16-9-17-11(6-13)8-15-4-2/h10-13H,3-9H2,1-2H3. The van der Waals surface area contributed by atoms with Gasteiger partial charge in [-0.25, -0.2) is 0 Å². The van der Waals surface area contributed by atoms with Gasteiger partial charge in [0, 0.05) is 13.2 Å². The van der Waals surface area contributed by atoms with Gasteiger partial charge in [-0.1, -0.05) is 0 Å². The molecule has 2 N–H and O–H groups in total. The first-order valence-corrected chi connectivity index (χ1v) is 5.88. The van der Waals surface area contributed by atoms with Crippen LogP contribution < -0.4 is 0 Å². The third kappa shape index (κ3) is 9.46. The monoisotopic (exact) mass is 252 g/mol. The van der Waals surface area contributed by atoms with Crippen LogP contribution >= 0.6 is 0 Å². The Morgan fingerprint density at radius 2 is 1.24 bits per heavy atom. The van der Waals surface area contributed by atoms with E-state index < -0.39 is 12.2 Å². The molecular formula is C11H24O6. The zero-order valence-electron chi connectivity index (χ0n) is 10.6. The van der Waals surface area contributed by atoms with Crippen LogP contribution in [0.5, 0.6) is 0 Å². The molecule has 17 heavy (non-hydrogen) atoms. The van der Waals surface area contributed by atoms with Gasteiger partial charge < -0.3 is 29.2 Å². The van der Waals surface area contributed by atoms with Crippen LogP contribution in [0.15, 0.2) is 0 Å². The van der Waals surface area contributed by atoms with Crippen LogP contribution in [0.4, 0.5) is 0 Å². The van der Waals surface area contributed by atoms with Gasteiger partial charge in [0.15, 0.2) is 0 Å². The SMILES string of the molecule is CCOCC(CO)OCOC(CO)COCC. The lowest BCUT2D eigenvalue weighted by atomic mass is 10.4. The summed E-state index contributed by atoms with van der Waals surface area (Å²) in [6, 6.07) is 0. The van der Waals surface area contributed by atoms with Gasteiger partial charge in [-0.2, -0.15) is 0 Å². The van der Waals surface area contributed by atoms with E-state index in [0.717, 1.165) is 0 Å². The summed E-state index contributed by atoms with van der Waals surface area (Å²) in [6.45, 7) is 5.28. The third-order valence-corrected chi connectivity index (χ3v) is 2.03. The molecule has 0 saturated carbocycles. The molecule has 0 aromatic rings. The molecule has 0 aliphatic heterocycles. The summed E-state index contributed by atoms with van der Waals surface area (Å²) in [5.41, 5.74) is 0. The smallest absolute Gasteiger partial charge is 0.147 e. The first-order valence-electron chi connectivity index (χ1n) is 5.88. The molecule has 0 bridgehead atoms. The maximum Gasteiger partial charge on any atom is 0.147 e. The van der Waals surface area contributed by atoms with Gasteiger partial charge in [0.1, 0.15) is 19.0 Å². The van der Waals surface area contributed by atoms with Crippen LogP contribution in [0.25, 0.3) is 0 Å². The molecule has 2 atom stereocenters. The van der Waals surface area contributed by atoms with Crippen LogP contribution in [-0.2, 0) is 18.9 Å². The topological polar surface area (TPSA) is 77.4 Å². The molecule has 0 saturated heterocycles. The van der Waals surface area contributed by atoms with Gasteiger partial charge >= 0.3 is 0 Å². The van der Waals surface area contributed by atoms with E-state index in [1.165, 1.54) is 0 Å². The lowest BCUT2D eigenvalue weighted by molar-refractivity contribution is -0.160. The van der Waals surface area contributed by atoms with Crippen molar-refractivity contribution in [3.8, 4) is 0 Å². The van der Waals surface area contributed by atoms with Crippen molar-refractivity contribution in [2.45, 2.75) is 26.1 Å². The fourth-order valence-corrected chi connectivity index (χ4v) is 1.04. The van der Waals surface area contributed by atoms with E-state index >= 15 is 0 Å². The van der Waals surface area contributed by atoms with Crippen LogP contribution in [-0.4, -0.2) is 68.9 Å². The summed E-state index contributed by atoms with van der Waals surface area (Å²) < 4.78 is 20.7. The Labute approximate surface area is 102 Å². The first-order chi connectivity index (χ1) is 8.28. The summed E-state index contributed by atoms with van der Waals surface area (Å²) in [4.78, 5) is 0. The normalized spacial score (nSPS) is 14.8. The predicted octanol–water partition coefficient (Wildman–Crippen LogP) is -0.228. The molecular weight excluding hydrogens is 228 g/mol. The Morgan fingerprint density at radius 3 is 1.53 bits per heavy atom. The zero-order chi connectivity index (χ0) is 12.9. The molecule has 0 radical (unpaired) electrons. The van der Waals surface area contributed by atoms with E-state index in [1.807, 2.05) is 13.8 Å². The minimum Gasteiger partial charge on any atom is -0.394 e. The van der Waals surface area contributed by atoms with Gasteiger partial charge in [-0.15, -0.1) is 0 Å². The van der Waals surface area contributed by atoms with Gasteiger partial charge in [0.2, 0.25) is 0 Å². The Kier molecular flexibility index (Phi) is 12.1. The van der Waals surface area contributed by atoms with E-state index in [9.17, 15) is 0 Å². The van der Waals surface area contributed by atoms with Crippen molar-refractivity contribution in [3.05, 3.63) is 0 Å². The number of hydrogen-bond acceptors (Lipinski definition) is 6. The van der Waals surface area contributed by atoms with Gasteiger partial charge in [0.05, 0.1) is 26.4 Å². The van der Waals surface area contributed by atoms with E-state index in [-0.39, 0.29) is 20.0 Å². The molecule has 0 fully saturated rings. The molecule has 6 nitrogen and oxygen atoms in total.